The van der Waals surface area contributed by atoms with Crippen LogP contribution in [-0.4, -0.2) is 20.9 Å². The van der Waals surface area contributed by atoms with E-state index < -0.39 is 5.54 Å². The molecule has 1 aliphatic heterocycles. The van der Waals surface area contributed by atoms with E-state index in [1.807, 2.05) is 6.20 Å². The number of aromatic nitrogens is 2. The lowest BCUT2D eigenvalue weighted by atomic mass is 9.79. The molecule has 2 atom stereocenters. The Morgan fingerprint density at radius 1 is 0.661 bits per heavy atom. The van der Waals surface area contributed by atoms with E-state index in [4.69, 9.17) is 9.98 Å². The average molecular weight is 777 g/mol. The Morgan fingerprint density at radius 3 is 2.08 bits per heavy atom. The second-order valence-electron chi connectivity index (χ2n) is 19.7. The summed E-state index contributed by atoms with van der Waals surface area (Å²) in [6.45, 7) is 32.2. The Bertz CT molecular complexity index is 2910. The van der Waals surface area contributed by atoms with E-state index in [0.29, 0.717) is 5.92 Å². The number of aryl methyl sites for hydroxylation is 4. The maximum absolute atomic E-state index is 6.00. The van der Waals surface area contributed by atoms with Crippen LogP contribution in [0.3, 0.4) is 0 Å². The van der Waals surface area contributed by atoms with Gasteiger partial charge in [0.15, 0.2) is 0 Å². The Kier molecular flexibility index (Phi) is 8.77. The number of rotatable bonds is 5. The van der Waals surface area contributed by atoms with Gasteiger partial charge in [0.25, 0.3) is 0 Å². The van der Waals surface area contributed by atoms with Gasteiger partial charge in [-0.1, -0.05) is 76.6 Å². The fourth-order valence-corrected chi connectivity index (χ4v) is 10.3. The highest BCUT2D eigenvalue weighted by atomic mass is 15.4. The van der Waals surface area contributed by atoms with Crippen LogP contribution in [0.1, 0.15) is 121 Å². The minimum absolute atomic E-state index is 0.0272. The molecule has 0 bridgehead atoms. The first-order chi connectivity index (χ1) is 27.8. The van der Waals surface area contributed by atoms with Crippen molar-refractivity contribution in [3.05, 3.63) is 158 Å². The van der Waals surface area contributed by atoms with Gasteiger partial charge in [-0.15, -0.1) is 0 Å². The summed E-state index contributed by atoms with van der Waals surface area (Å²) < 4.78 is 2.50. The van der Waals surface area contributed by atoms with Crippen molar-refractivity contribution in [1.29, 1.82) is 0 Å². The van der Waals surface area contributed by atoms with Crippen LogP contribution in [0, 0.1) is 48.5 Å². The number of hydrogen-bond acceptors (Lipinski definition) is 3. The molecule has 9 rings (SSSR count). The number of aliphatic imine (C=N–C) groups is 1. The van der Waals surface area contributed by atoms with Crippen molar-refractivity contribution in [2.45, 2.75) is 126 Å². The summed E-state index contributed by atoms with van der Waals surface area (Å²) >= 11 is 0. The number of amidine groups is 1. The van der Waals surface area contributed by atoms with Crippen LogP contribution in [0.4, 0.5) is 5.69 Å². The van der Waals surface area contributed by atoms with Crippen LogP contribution < -0.4 is 4.90 Å². The molecule has 0 spiro atoms. The van der Waals surface area contributed by atoms with E-state index in [1.165, 1.54) is 88.7 Å². The highest BCUT2D eigenvalue weighted by Gasteiger charge is 2.61. The molecule has 4 nitrogen and oxygen atoms in total. The van der Waals surface area contributed by atoms with Crippen molar-refractivity contribution in [2.75, 3.05) is 4.90 Å². The molecule has 3 heterocycles. The SMILES string of the molecule is Cc1ccc2c(c1)c1ccc(-c3cc(C(C)(C)C)ccn3)cc1n2-c1cc(C2=N[C@]3(C)c4ccc(C)c(C)c4C[C@]3(C)N2c2c(C)c(C)cc(C)c2C)cc(C(C)C)c1. The van der Waals surface area contributed by atoms with Gasteiger partial charge in [0.2, 0.25) is 0 Å². The van der Waals surface area contributed by atoms with E-state index in [0.717, 1.165) is 34.8 Å². The van der Waals surface area contributed by atoms with E-state index in [1.54, 1.807) is 0 Å². The van der Waals surface area contributed by atoms with Gasteiger partial charge in [-0.2, -0.15) is 0 Å². The second kappa shape index (κ2) is 13.3. The molecule has 0 saturated heterocycles. The molecule has 0 radical (unpaired) electrons. The zero-order chi connectivity index (χ0) is 42.1. The molecule has 59 heavy (non-hydrogen) atoms. The first kappa shape index (κ1) is 39.0. The summed E-state index contributed by atoms with van der Waals surface area (Å²) in [6.07, 6.45) is 2.89. The van der Waals surface area contributed by atoms with Gasteiger partial charge in [-0.3, -0.25) is 9.98 Å². The fraction of sp³-hybridized carbons (Fsp3) is 0.345. The normalized spacial score (nSPS) is 19.0. The maximum atomic E-state index is 6.00. The minimum Gasteiger partial charge on any atom is -0.317 e. The molecule has 0 N–H and O–H groups in total. The molecule has 2 aromatic heterocycles. The number of hydrogen-bond donors (Lipinski definition) is 0. The summed E-state index contributed by atoms with van der Waals surface area (Å²) in [4.78, 5) is 13.6. The van der Waals surface area contributed by atoms with Crippen molar-refractivity contribution in [3.63, 3.8) is 0 Å². The van der Waals surface area contributed by atoms with Crippen LogP contribution >= 0.6 is 0 Å². The lowest BCUT2D eigenvalue weighted by Gasteiger charge is -2.43. The van der Waals surface area contributed by atoms with E-state index in [-0.39, 0.29) is 11.0 Å². The highest BCUT2D eigenvalue weighted by Crippen LogP contribution is 2.57. The summed E-state index contributed by atoms with van der Waals surface area (Å²) in [5.74, 6) is 1.36. The van der Waals surface area contributed by atoms with Crippen molar-refractivity contribution < 1.29 is 0 Å². The molecule has 0 amide bonds. The minimum atomic E-state index is -0.450. The summed E-state index contributed by atoms with van der Waals surface area (Å²) in [7, 11) is 0. The summed E-state index contributed by atoms with van der Waals surface area (Å²) in [6, 6.07) is 32.5. The highest BCUT2D eigenvalue weighted by molar-refractivity contribution is 6.15. The van der Waals surface area contributed by atoms with Gasteiger partial charge in [-0.05, 0) is 184 Å². The van der Waals surface area contributed by atoms with E-state index >= 15 is 0 Å². The molecular formula is C55H60N4. The monoisotopic (exact) mass is 776 g/mol. The Hall–Kier alpha value is -5.48. The summed E-state index contributed by atoms with van der Waals surface area (Å²) in [5.41, 5.74) is 22.0. The molecule has 4 heteroatoms. The van der Waals surface area contributed by atoms with Gasteiger partial charge in [0, 0.05) is 39.5 Å². The standard InChI is InChI=1S/C55H60N4/c1-31(2)40-25-41(52-57-55(14)47-19-16-33(4)36(7)46(47)30-54(55,13)59(52)51-37(8)34(5)24-35(6)38(51)9)27-43(26-40)58-49-20-15-32(3)23-45(49)44-18-17-39(28-50(44)58)48-29-42(21-22-56-48)53(10,11)12/h15-29,31H,30H2,1-14H3/t54-,55+/m0/s1. The molecular weight excluding hydrogens is 717 g/mol. The third-order valence-corrected chi connectivity index (χ3v) is 14.5. The quantitative estimate of drug-likeness (QED) is 0.174. The largest absolute Gasteiger partial charge is 0.317 e. The zero-order valence-corrected chi connectivity index (χ0v) is 37.7. The molecule has 0 saturated carbocycles. The number of benzene rings is 5. The fourth-order valence-electron chi connectivity index (χ4n) is 10.3. The smallest absolute Gasteiger partial charge is 0.137 e. The first-order valence-corrected chi connectivity index (χ1v) is 21.6. The molecule has 0 unspecified atom stereocenters. The van der Waals surface area contributed by atoms with Crippen molar-refractivity contribution in [3.8, 4) is 16.9 Å². The van der Waals surface area contributed by atoms with Gasteiger partial charge >= 0.3 is 0 Å². The van der Waals surface area contributed by atoms with Crippen LogP contribution in [0.15, 0.2) is 96.1 Å². The maximum Gasteiger partial charge on any atom is 0.137 e. The number of pyridine rings is 1. The first-order valence-electron chi connectivity index (χ1n) is 21.6. The molecule has 0 fully saturated rings. The Morgan fingerprint density at radius 2 is 1.39 bits per heavy atom. The van der Waals surface area contributed by atoms with Gasteiger partial charge < -0.3 is 9.47 Å². The van der Waals surface area contributed by atoms with Crippen LogP contribution in [0.25, 0.3) is 38.8 Å². The molecule has 5 aromatic carbocycles. The zero-order valence-electron chi connectivity index (χ0n) is 37.7. The summed E-state index contributed by atoms with van der Waals surface area (Å²) in [5, 5.41) is 2.51. The van der Waals surface area contributed by atoms with Crippen LogP contribution in [0.5, 0.6) is 0 Å². The van der Waals surface area contributed by atoms with Gasteiger partial charge in [0.1, 0.15) is 11.4 Å². The predicted octanol–water partition coefficient (Wildman–Crippen LogP) is 13.9. The predicted molar refractivity (Wildman–Crippen MR) is 251 cm³/mol. The molecule has 300 valence electrons. The average Bonchev–Trinajstić information content (AvgIpc) is 3.72. The number of anilines is 1. The Balaban J connectivity index is 1.33. The molecule has 2 aliphatic rings. The second-order valence-corrected chi connectivity index (χ2v) is 19.7. The lowest BCUT2D eigenvalue weighted by Crippen LogP contribution is -2.54. The molecule has 1 aliphatic carbocycles. The van der Waals surface area contributed by atoms with Crippen molar-refractivity contribution in [2.24, 2.45) is 4.99 Å². The molecule has 7 aromatic rings. The van der Waals surface area contributed by atoms with Crippen molar-refractivity contribution in [1.82, 2.24) is 9.55 Å². The third-order valence-electron chi connectivity index (χ3n) is 14.5. The van der Waals surface area contributed by atoms with Crippen LogP contribution in [0.2, 0.25) is 0 Å². The van der Waals surface area contributed by atoms with Gasteiger partial charge in [0.05, 0.1) is 22.3 Å². The topological polar surface area (TPSA) is 33.4 Å². The number of fused-ring (bicyclic) bond motifs is 6. The lowest BCUT2D eigenvalue weighted by molar-refractivity contribution is 0.321. The van der Waals surface area contributed by atoms with E-state index in [9.17, 15) is 0 Å². The number of nitrogens with zero attached hydrogens (tertiary/aromatic N) is 4. The third kappa shape index (κ3) is 5.76. The van der Waals surface area contributed by atoms with Crippen LogP contribution in [-0.2, 0) is 17.4 Å². The van der Waals surface area contributed by atoms with E-state index in [2.05, 4.69) is 191 Å². The van der Waals surface area contributed by atoms with Crippen molar-refractivity contribution >= 4 is 33.3 Å². The van der Waals surface area contributed by atoms with Gasteiger partial charge in [-0.25, -0.2) is 0 Å². The Labute approximate surface area is 352 Å².